The van der Waals surface area contributed by atoms with E-state index < -0.39 is 6.04 Å². The topological polar surface area (TPSA) is 77.2 Å². The van der Waals surface area contributed by atoms with Crippen LogP contribution in [0.5, 0.6) is 0 Å². The van der Waals surface area contributed by atoms with Crippen molar-refractivity contribution in [2.45, 2.75) is 19.5 Å². The van der Waals surface area contributed by atoms with Crippen molar-refractivity contribution in [2.75, 3.05) is 13.7 Å². The van der Waals surface area contributed by atoms with E-state index in [4.69, 9.17) is 22.1 Å². The van der Waals surface area contributed by atoms with Gasteiger partial charge in [0.05, 0.1) is 18.8 Å². The fraction of sp³-hybridized carbons (Fsp3) is 0.333. The molecule has 0 radical (unpaired) electrons. The number of hydrogen-bond acceptors (Lipinski definition) is 5. The number of carbonyl (C=O) groups excluding carboxylic acids is 1. The first-order valence-electron chi connectivity index (χ1n) is 6.75. The molecule has 2 rings (SSSR count). The average Bonchev–Trinajstić information content (AvgIpc) is 2.87. The largest absolute Gasteiger partial charge is 0.383 e. The number of ether oxygens (including phenoxy) is 1. The predicted molar refractivity (Wildman–Crippen MR) is 89.0 cm³/mol. The Hall–Kier alpha value is -1.47. The molecule has 0 aliphatic carbocycles. The zero-order valence-electron chi connectivity index (χ0n) is 12.4. The molecule has 118 valence electrons. The summed E-state index contributed by atoms with van der Waals surface area (Å²) in [5, 5.41) is 4.29. The third kappa shape index (κ3) is 4.27. The van der Waals surface area contributed by atoms with E-state index in [1.165, 1.54) is 7.11 Å². The van der Waals surface area contributed by atoms with Crippen LogP contribution in [0.25, 0.3) is 11.3 Å². The van der Waals surface area contributed by atoms with E-state index >= 15 is 0 Å². The number of aryl methyl sites for hydroxylation is 1. The first-order chi connectivity index (χ1) is 10.5. The van der Waals surface area contributed by atoms with Crippen molar-refractivity contribution in [2.24, 2.45) is 5.73 Å². The van der Waals surface area contributed by atoms with Gasteiger partial charge in [0.25, 0.3) is 0 Å². The van der Waals surface area contributed by atoms with Gasteiger partial charge < -0.3 is 15.8 Å². The molecule has 0 spiro atoms. The van der Waals surface area contributed by atoms with E-state index in [9.17, 15) is 4.79 Å². The van der Waals surface area contributed by atoms with Crippen molar-refractivity contribution in [3.05, 3.63) is 39.2 Å². The number of rotatable bonds is 6. The van der Waals surface area contributed by atoms with Crippen LogP contribution in [-0.4, -0.2) is 30.6 Å². The minimum Gasteiger partial charge on any atom is -0.383 e. The molecule has 0 fully saturated rings. The maximum Gasteiger partial charge on any atom is 0.239 e. The summed E-state index contributed by atoms with van der Waals surface area (Å²) in [4.78, 5) is 17.4. The van der Waals surface area contributed by atoms with Gasteiger partial charge in [-0.25, -0.2) is 4.98 Å². The van der Waals surface area contributed by atoms with E-state index in [1.54, 1.807) is 11.3 Å². The highest BCUT2D eigenvalue weighted by molar-refractivity contribution is 7.12. The zero-order chi connectivity index (χ0) is 16.1. The van der Waals surface area contributed by atoms with Gasteiger partial charge >= 0.3 is 0 Å². The second kappa shape index (κ2) is 7.69. The molecule has 1 amide bonds. The van der Waals surface area contributed by atoms with E-state index in [0.29, 0.717) is 11.6 Å². The highest BCUT2D eigenvalue weighted by Crippen LogP contribution is 2.28. The highest BCUT2D eigenvalue weighted by atomic mass is 35.5. The summed E-state index contributed by atoms with van der Waals surface area (Å²) in [6.45, 7) is 2.55. The lowest BCUT2D eigenvalue weighted by Crippen LogP contribution is -2.43. The van der Waals surface area contributed by atoms with Crippen molar-refractivity contribution >= 4 is 28.8 Å². The van der Waals surface area contributed by atoms with Crippen LogP contribution in [-0.2, 0) is 16.1 Å². The second-order valence-electron chi connectivity index (χ2n) is 4.80. The van der Waals surface area contributed by atoms with E-state index in [0.717, 1.165) is 21.1 Å². The number of nitrogens with zero attached hydrogens (tertiary/aromatic N) is 1. The molecule has 7 heteroatoms. The van der Waals surface area contributed by atoms with Crippen LogP contribution in [0.2, 0.25) is 5.02 Å². The third-order valence-corrected chi connectivity index (χ3v) is 4.28. The van der Waals surface area contributed by atoms with Gasteiger partial charge in [0.2, 0.25) is 5.91 Å². The number of nitrogens with one attached hydrogen (secondary N) is 1. The monoisotopic (exact) mass is 339 g/mol. The summed E-state index contributed by atoms with van der Waals surface area (Å²) in [6, 6.07) is 6.87. The van der Waals surface area contributed by atoms with Crippen molar-refractivity contribution in [1.29, 1.82) is 0 Å². The van der Waals surface area contributed by atoms with E-state index in [2.05, 4.69) is 10.3 Å². The molecule has 0 aliphatic heterocycles. The maximum absolute atomic E-state index is 11.8. The number of halogens is 1. The van der Waals surface area contributed by atoms with Crippen LogP contribution in [0, 0.1) is 6.92 Å². The molecule has 1 aromatic heterocycles. The van der Waals surface area contributed by atoms with Gasteiger partial charge in [0.15, 0.2) is 0 Å². The molecular weight excluding hydrogens is 322 g/mol. The van der Waals surface area contributed by atoms with Crippen LogP contribution in [0.15, 0.2) is 24.3 Å². The quantitative estimate of drug-likeness (QED) is 0.847. The molecule has 5 nitrogen and oxygen atoms in total. The van der Waals surface area contributed by atoms with Gasteiger partial charge in [-0.2, -0.15) is 0 Å². The van der Waals surface area contributed by atoms with Gasteiger partial charge in [-0.1, -0.05) is 23.7 Å². The number of methoxy groups -OCH3 is 1. The number of aromatic nitrogens is 1. The van der Waals surface area contributed by atoms with Crippen LogP contribution < -0.4 is 11.1 Å². The van der Waals surface area contributed by atoms with Crippen molar-refractivity contribution in [1.82, 2.24) is 10.3 Å². The number of nitrogens with two attached hydrogens (primary N) is 1. The third-order valence-electron chi connectivity index (χ3n) is 3.06. The van der Waals surface area contributed by atoms with Crippen LogP contribution in [0.4, 0.5) is 0 Å². The van der Waals surface area contributed by atoms with Crippen molar-refractivity contribution in [3.63, 3.8) is 0 Å². The summed E-state index contributed by atoms with van der Waals surface area (Å²) < 4.78 is 4.86. The first-order valence-corrected chi connectivity index (χ1v) is 7.95. The fourth-order valence-electron chi connectivity index (χ4n) is 1.95. The first kappa shape index (κ1) is 16.9. The number of amides is 1. The predicted octanol–water partition coefficient (Wildman–Crippen LogP) is 2.36. The van der Waals surface area contributed by atoms with Gasteiger partial charge in [0.1, 0.15) is 11.0 Å². The van der Waals surface area contributed by atoms with E-state index in [-0.39, 0.29) is 12.5 Å². The number of thiazole rings is 1. The van der Waals surface area contributed by atoms with Gasteiger partial charge in [0, 0.05) is 22.6 Å². The van der Waals surface area contributed by atoms with Crippen LogP contribution in [0.3, 0.4) is 0 Å². The van der Waals surface area contributed by atoms with Crippen molar-refractivity contribution in [3.8, 4) is 11.3 Å². The number of benzene rings is 1. The average molecular weight is 340 g/mol. The summed E-state index contributed by atoms with van der Waals surface area (Å²) in [5.74, 6) is -0.247. The van der Waals surface area contributed by atoms with Crippen molar-refractivity contribution < 1.29 is 9.53 Å². The Labute approximate surface area is 138 Å². The van der Waals surface area contributed by atoms with Gasteiger partial charge in [-0.05, 0) is 19.1 Å². The molecular formula is C15H18ClN3O2S. The fourth-order valence-corrected chi connectivity index (χ4v) is 2.97. The normalized spacial score (nSPS) is 12.2. The molecule has 22 heavy (non-hydrogen) atoms. The molecule has 0 aliphatic rings. The Bertz CT molecular complexity index is 643. The summed E-state index contributed by atoms with van der Waals surface area (Å²) in [7, 11) is 1.51. The maximum atomic E-state index is 11.8. The van der Waals surface area contributed by atoms with Crippen LogP contribution >= 0.6 is 22.9 Å². The molecule has 2 aromatic rings. The van der Waals surface area contributed by atoms with E-state index in [1.807, 2.05) is 31.2 Å². The van der Waals surface area contributed by atoms with Crippen LogP contribution in [0.1, 0.15) is 9.88 Å². The molecule has 0 bridgehead atoms. The smallest absolute Gasteiger partial charge is 0.239 e. The Morgan fingerprint density at radius 1 is 1.45 bits per heavy atom. The second-order valence-corrected chi connectivity index (χ2v) is 6.52. The summed E-state index contributed by atoms with van der Waals surface area (Å²) in [5.41, 5.74) is 7.58. The molecule has 1 aromatic carbocycles. The Kier molecular flexibility index (Phi) is 5.90. The number of carbonyl (C=O) groups is 1. The molecule has 1 heterocycles. The SMILES string of the molecule is COCC(N)C(=O)NCc1nc(-c2ccc(Cl)cc2)c(C)s1. The molecule has 1 atom stereocenters. The zero-order valence-corrected chi connectivity index (χ0v) is 14.0. The lowest BCUT2D eigenvalue weighted by Gasteiger charge is -2.09. The molecule has 1 unspecified atom stereocenters. The Morgan fingerprint density at radius 3 is 2.77 bits per heavy atom. The summed E-state index contributed by atoms with van der Waals surface area (Å²) in [6.07, 6.45) is 0. The standard InChI is InChI=1S/C15H18ClN3O2S/c1-9-14(10-3-5-11(16)6-4-10)19-13(22-9)7-18-15(20)12(17)8-21-2/h3-6,12H,7-8,17H2,1-2H3,(H,18,20). The van der Waals surface area contributed by atoms with Gasteiger partial charge in [-0.3, -0.25) is 4.79 Å². The Balaban J connectivity index is 2.04. The Morgan fingerprint density at radius 2 is 2.14 bits per heavy atom. The minimum atomic E-state index is -0.665. The summed E-state index contributed by atoms with van der Waals surface area (Å²) >= 11 is 7.45. The molecule has 3 N–H and O–H groups in total. The lowest BCUT2D eigenvalue weighted by molar-refractivity contribution is -0.123. The highest BCUT2D eigenvalue weighted by Gasteiger charge is 2.14. The van der Waals surface area contributed by atoms with Gasteiger partial charge in [-0.15, -0.1) is 11.3 Å². The molecule has 0 saturated carbocycles. The lowest BCUT2D eigenvalue weighted by atomic mass is 10.1. The minimum absolute atomic E-state index is 0.193. The molecule has 0 saturated heterocycles. The number of hydrogen-bond donors (Lipinski definition) is 2.